The van der Waals surface area contributed by atoms with Gasteiger partial charge >= 0.3 is 5.97 Å². The second-order valence-electron chi connectivity index (χ2n) is 1.90. The third kappa shape index (κ3) is 31.5. The summed E-state index contributed by atoms with van der Waals surface area (Å²) in [6.07, 6.45) is 0.222. The normalized spacial score (nSPS) is 6.47. The molecule has 0 aliphatic rings. The number of aliphatic hydroxyl groups excluding tert-OH is 1. The SMILES string of the molecule is CCC(=O)O.CO.II.c1ccccc1. The second kappa shape index (κ2) is 23.7. The van der Waals surface area contributed by atoms with E-state index in [9.17, 15) is 4.79 Å². The highest BCUT2D eigenvalue weighted by Gasteiger charge is 1.80. The molecule has 0 unspecified atom stereocenters. The van der Waals surface area contributed by atoms with E-state index >= 15 is 0 Å². The molecule has 88 valence electrons. The lowest BCUT2D eigenvalue weighted by Crippen LogP contribution is -1.86. The first-order chi connectivity index (χ1) is 7.27. The van der Waals surface area contributed by atoms with Gasteiger partial charge in [0, 0.05) is 50.8 Å². The molecule has 0 saturated carbocycles. The average Bonchev–Trinajstić information content (AvgIpc) is 2.37. The fourth-order valence-corrected chi connectivity index (χ4v) is 0.385. The van der Waals surface area contributed by atoms with Crippen LogP contribution in [-0.4, -0.2) is 23.3 Å². The molecule has 0 heterocycles. The van der Waals surface area contributed by atoms with Crippen molar-refractivity contribution in [3.8, 4) is 0 Å². The summed E-state index contributed by atoms with van der Waals surface area (Å²) in [4.78, 5) is 9.37. The van der Waals surface area contributed by atoms with Gasteiger partial charge in [0.1, 0.15) is 0 Å². The van der Waals surface area contributed by atoms with Gasteiger partial charge in [-0.1, -0.05) is 43.3 Å². The second-order valence-corrected chi connectivity index (χ2v) is 1.90. The van der Waals surface area contributed by atoms with Gasteiger partial charge in [0.05, 0.1) is 0 Å². The van der Waals surface area contributed by atoms with E-state index in [2.05, 4.69) is 37.2 Å². The number of benzene rings is 1. The van der Waals surface area contributed by atoms with Crippen LogP contribution in [0.15, 0.2) is 36.4 Å². The fraction of sp³-hybridized carbons (Fsp3) is 0.300. The number of carboxylic acids is 1. The smallest absolute Gasteiger partial charge is 0.303 e. The molecule has 2 N–H and O–H groups in total. The Hall–Kier alpha value is 0.110. The molecule has 0 spiro atoms. The third-order valence-corrected chi connectivity index (χ3v) is 0.969. The number of aliphatic hydroxyl groups is 1. The summed E-state index contributed by atoms with van der Waals surface area (Å²) in [5, 5.41) is 14.7. The maximum absolute atomic E-state index is 9.37. The molecule has 15 heavy (non-hydrogen) atoms. The van der Waals surface area contributed by atoms with Crippen molar-refractivity contribution in [2.75, 3.05) is 7.11 Å². The number of hydrogen-bond donors (Lipinski definition) is 2. The lowest BCUT2D eigenvalue weighted by Gasteiger charge is -1.71. The summed E-state index contributed by atoms with van der Waals surface area (Å²) >= 11 is 4.24. The van der Waals surface area contributed by atoms with Crippen molar-refractivity contribution in [1.82, 2.24) is 0 Å². The van der Waals surface area contributed by atoms with Gasteiger partial charge in [0.25, 0.3) is 0 Å². The molecule has 0 radical (unpaired) electrons. The topological polar surface area (TPSA) is 57.5 Å². The molecule has 0 fully saturated rings. The van der Waals surface area contributed by atoms with Crippen LogP contribution >= 0.6 is 37.2 Å². The maximum Gasteiger partial charge on any atom is 0.303 e. The van der Waals surface area contributed by atoms with Gasteiger partial charge in [0.2, 0.25) is 0 Å². The van der Waals surface area contributed by atoms with Crippen molar-refractivity contribution >= 4 is 43.2 Å². The van der Waals surface area contributed by atoms with Gasteiger partial charge in [-0.3, -0.25) is 4.79 Å². The summed E-state index contributed by atoms with van der Waals surface area (Å²) in [6, 6.07) is 12.0. The molecule has 0 saturated heterocycles. The Morgan fingerprint density at radius 2 is 1.13 bits per heavy atom. The summed E-state index contributed by atoms with van der Waals surface area (Å²) in [5.41, 5.74) is 0. The van der Waals surface area contributed by atoms with Gasteiger partial charge in [-0.15, -0.1) is 0 Å². The minimum atomic E-state index is -0.745. The Balaban J connectivity index is -0.000000146. The van der Waals surface area contributed by atoms with Crippen LogP contribution in [0.4, 0.5) is 0 Å². The maximum atomic E-state index is 9.37. The van der Waals surface area contributed by atoms with E-state index in [-0.39, 0.29) is 6.42 Å². The molecule has 0 amide bonds. The minimum absolute atomic E-state index is 0.222. The van der Waals surface area contributed by atoms with Crippen LogP contribution < -0.4 is 0 Å². The molecule has 0 bridgehead atoms. The van der Waals surface area contributed by atoms with Gasteiger partial charge in [-0.2, -0.15) is 0 Å². The molecule has 0 aromatic heterocycles. The first-order valence-corrected chi connectivity index (χ1v) is 10.4. The summed E-state index contributed by atoms with van der Waals surface area (Å²) in [7, 11) is 1.00. The number of carboxylic acid groups (broad SMARTS) is 1. The van der Waals surface area contributed by atoms with Gasteiger partial charge < -0.3 is 10.2 Å². The standard InChI is InChI=1S/C6H6.C3H6O2.CH4O.I2/c1-2-4-6-5-3-1;1-2-3(4)5;2*1-2/h1-6H;2H2,1H3,(H,4,5);2H,1H3;. The number of hydrogen-bond acceptors (Lipinski definition) is 2. The summed E-state index contributed by atoms with van der Waals surface area (Å²) < 4.78 is 0. The molecule has 0 aliphatic heterocycles. The lowest BCUT2D eigenvalue weighted by molar-refractivity contribution is -0.136. The molecule has 5 heteroatoms. The van der Waals surface area contributed by atoms with E-state index in [1.54, 1.807) is 6.92 Å². The Morgan fingerprint density at radius 3 is 1.20 bits per heavy atom. The predicted octanol–water partition coefficient (Wildman–Crippen LogP) is 3.55. The van der Waals surface area contributed by atoms with Crippen molar-refractivity contribution in [2.24, 2.45) is 0 Å². The van der Waals surface area contributed by atoms with E-state index in [0.29, 0.717) is 0 Å². The van der Waals surface area contributed by atoms with Gasteiger partial charge in [-0.25, -0.2) is 0 Å². The average molecular weight is 438 g/mol. The van der Waals surface area contributed by atoms with Crippen LogP contribution in [-0.2, 0) is 4.79 Å². The quantitative estimate of drug-likeness (QED) is 0.660. The van der Waals surface area contributed by atoms with Crippen molar-refractivity contribution in [1.29, 1.82) is 0 Å². The highest BCUT2D eigenvalue weighted by atomic mass is 128. The Kier molecular flexibility index (Phi) is 32.4. The van der Waals surface area contributed by atoms with Crippen molar-refractivity contribution in [3.05, 3.63) is 36.4 Å². The lowest BCUT2D eigenvalue weighted by atomic mass is 10.4. The Labute approximate surface area is 114 Å². The number of aliphatic carboxylic acids is 1. The van der Waals surface area contributed by atoms with Gasteiger partial charge in [-0.05, 0) is 0 Å². The molecule has 0 atom stereocenters. The zero-order valence-electron chi connectivity index (χ0n) is 8.73. The van der Waals surface area contributed by atoms with E-state index < -0.39 is 5.97 Å². The summed E-state index contributed by atoms with van der Waals surface area (Å²) in [5.74, 6) is -0.745. The predicted molar refractivity (Wildman–Crippen MR) is 80.6 cm³/mol. The van der Waals surface area contributed by atoms with Crippen molar-refractivity contribution in [2.45, 2.75) is 13.3 Å². The highest BCUT2D eigenvalue weighted by Crippen LogP contribution is 1.89. The van der Waals surface area contributed by atoms with Gasteiger partial charge in [0.15, 0.2) is 0 Å². The molecular weight excluding hydrogens is 422 g/mol. The number of carbonyl (C=O) groups is 1. The van der Waals surface area contributed by atoms with E-state index in [0.717, 1.165) is 7.11 Å². The third-order valence-electron chi connectivity index (χ3n) is 0.969. The summed E-state index contributed by atoms with van der Waals surface area (Å²) in [6.45, 7) is 1.60. The van der Waals surface area contributed by atoms with E-state index in [1.165, 1.54) is 0 Å². The van der Waals surface area contributed by atoms with Crippen LogP contribution in [0.5, 0.6) is 0 Å². The van der Waals surface area contributed by atoms with E-state index in [1.807, 2.05) is 36.4 Å². The Bertz CT molecular complexity index is 166. The van der Waals surface area contributed by atoms with Crippen LogP contribution in [0.1, 0.15) is 13.3 Å². The van der Waals surface area contributed by atoms with Crippen molar-refractivity contribution in [3.63, 3.8) is 0 Å². The number of rotatable bonds is 1. The highest BCUT2D eigenvalue weighted by molar-refractivity contribution is 15.0. The van der Waals surface area contributed by atoms with Crippen LogP contribution in [0.25, 0.3) is 0 Å². The largest absolute Gasteiger partial charge is 0.481 e. The van der Waals surface area contributed by atoms with E-state index in [4.69, 9.17) is 10.2 Å². The fourth-order valence-electron chi connectivity index (χ4n) is 0.385. The molecule has 3 nitrogen and oxygen atoms in total. The monoisotopic (exact) mass is 438 g/mol. The van der Waals surface area contributed by atoms with Crippen LogP contribution in [0.2, 0.25) is 0 Å². The molecule has 0 aliphatic carbocycles. The Morgan fingerprint density at radius 1 is 1.00 bits per heavy atom. The molecular formula is C10H16I2O3. The first-order valence-electron chi connectivity index (χ1n) is 4.08. The molecule has 1 aromatic carbocycles. The minimum Gasteiger partial charge on any atom is -0.481 e. The van der Waals surface area contributed by atoms with Crippen molar-refractivity contribution < 1.29 is 15.0 Å². The zero-order valence-corrected chi connectivity index (χ0v) is 13.0. The first kappa shape index (κ1) is 20.5. The zero-order chi connectivity index (χ0) is 12.5. The van der Waals surface area contributed by atoms with Crippen LogP contribution in [0.3, 0.4) is 0 Å². The molecule has 1 aromatic rings. The number of halogens is 2. The molecule has 1 rings (SSSR count). The van der Waals surface area contributed by atoms with Crippen LogP contribution in [0, 0.1) is 0 Å².